The molecule has 1 heterocycles. The molecule has 15 heavy (non-hydrogen) atoms. The van der Waals surface area contributed by atoms with Gasteiger partial charge in [-0.1, -0.05) is 30.3 Å². The topological polar surface area (TPSA) is 24.4 Å². The summed E-state index contributed by atoms with van der Waals surface area (Å²) in [6.07, 6.45) is 4.62. The molecule has 1 N–H and O–H groups in total. The van der Waals surface area contributed by atoms with Gasteiger partial charge in [-0.2, -0.15) is 0 Å². The molecule has 0 spiro atoms. The van der Waals surface area contributed by atoms with Gasteiger partial charge in [0.1, 0.15) is 0 Å². The summed E-state index contributed by atoms with van der Waals surface area (Å²) in [5, 5.41) is 3.36. The standard InChI is InChI=1S/C13H18N2/c1-2-4-12(5-3-1)10-15-11-13-6-8-14-9-7-13/h1-5,11,13-14H,6-10H2. The fourth-order valence-electron chi connectivity index (χ4n) is 1.88. The predicted octanol–water partition coefficient (Wildman–Crippen LogP) is 2.26. The monoisotopic (exact) mass is 202 g/mol. The fourth-order valence-corrected chi connectivity index (χ4v) is 1.88. The summed E-state index contributed by atoms with van der Waals surface area (Å²) in [5.41, 5.74) is 1.29. The largest absolute Gasteiger partial charge is 0.317 e. The number of benzene rings is 1. The molecule has 1 aromatic carbocycles. The molecule has 0 aromatic heterocycles. The quantitative estimate of drug-likeness (QED) is 0.747. The van der Waals surface area contributed by atoms with Crippen LogP contribution in [0.15, 0.2) is 35.3 Å². The van der Waals surface area contributed by atoms with Crippen molar-refractivity contribution in [2.45, 2.75) is 19.4 Å². The zero-order valence-corrected chi connectivity index (χ0v) is 9.02. The second-order valence-electron chi connectivity index (χ2n) is 4.06. The van der Waals surface area contributed by atoms with Crippen molar-refractivity contribution in [3.8, 4) is 0 Å². The van der Waals surface area contributed by atoms with Crippen molar-refractivity contribution in [2.24, 2.45) is 10.9 Å². The average Bonchev–Trinajstić information content (AvgIpc) is 2.32. The molecule has 0 bridgehead atoms. The molecular weight excluding hydrogens is 184 g/mol. The Morgan fingerprint density at radius 3 is 2.67 bits per heavy atom. The van der Waals surface area contributed by atoms with E-state index < -0.39 is 0 Å². The molecule has 1 aromatic rings. The Morgan fingerprint density at radius 1 is 1.20 bits per heavy atom. The number of nitrogens with zero attached hydrogens (tertiary/aromatic N) is 1. The molecule has 1 aliphatic heterocycles. The number of nitrogens with one attached hydrogen (secondary N) is 1. The van der Waals surface area contributed by atoms with E-state index in [9.17, 15) is 0 Å². The van der Waals surface area contributed by atoms with Gasteiger partial charge in [0.05, 0.1) is 6.54 Å². The lowest BCUT2D eigenvalue weighted by atomic mass is 10.00. The van der Waals surface area contributed by atoms with Gasteiger partial charge in [-0.15, -0.1) is 0 Å². The van der Waals surface area contributed by atoms with Crippen LogP contribution in [-0.4, -0.2) is 19.3 Å². The molecule has 0 saturated carbocycles. The smallest absolute Gasteiger partial charge is 0.0635 e. The SMILES string of the molecule is C(=NCc1ccccc1)C1CCNCC1. The third-order valence-corrected chi connectivity index (χ3v) is 2.82. The van der Waals surface area contributed by atoms with Crippen LogP contribution >= 0.6 is 0 Å². The second kappa shape index (κ2) is 5.66. The Morgan fingerprint density at radius 2 is 1.93 bits per heavy atom. The Kier molecular flexibility index (Phi) is 3.92. The molecule has 0 unspecified atom stereocenters. The molecule has 2 heteroatoms. The molecule has 1 aliphatic rings. The summed E-state index contributed by atoms with van der Waals surface area (Å²) >= 11 is 0. The van der Waals surface area contributed by atoms with E-state index in [4.69, 9.17) is 0 Å². The minimum atomic E-state index is 0.690. The van der Waals surface area contributed by atoms with Crippen molar-refractivity contribution in [3.63, 3.8) is 0 Å². The number of rotatable bonds is 3. The molecular formula is C13H18N2. The highest BCUT2D eigenvalue weighted by molar-refractivity contribution is 5.60. The lowest BCUT2D eigenvalue weighted by molar-refractivity contribution is 0.461. The van der Waals surface area contributed by atoms with Gasteiger partial charge in [-0.25, -0.2) is 0 Å². The van der Waals surface area contributed by atoms with Crippen LogP contribution in [0.2, 0.25) is 0 Å². The van der Waals surface area contributed by atoms with Crippen LogP contribution in [0.4, 0.5) is 0 Å². The molecule has 0 radical (unpaired) electrons. The van der Waals surface area contributed by atoms with Crippen LogP contribution in [0.3, 0.4) is 0 Å². The Balaban J connectivity index is 1.79. The maximum absolute atomic E-state index is 4.51. The first-order valence-corrected chi connectivity index (χ1v) is 5.70. The van der Waals surface area contributed by atoms with E-state index in [0.29, 0.717) is 5.92 Å². The minimum Gasteiger partial charge on any atom is -0.317 e. The molecule has 1 saturated heterocycles. The van der Waals surface area contributed by atoms with Crippen molar-refractivity contribution in [2.75, 3.05) is 13.1 Å². The minimum absolute atomic E-state index is 0.690. The summed E-state index contributed by atoms with van der Waals surface area (Å²) < 4.78 is 0. The van der Waals surface area contributed by atoms with Crippen LogP contribution in [-0.2, 0) is 6.54 Å². The van der Waals surface area contributed by atoms with E-state index in [-0.39, 0.29) is 0 Å². The van der Waals surface area contributed by atoms with Crippen molar-refractivity contribution < 1.29 is 0 Å². The fraction of sp³-hybridized carbons (Fsp3) is 0.462. The molecule has 1 fully saturated rings. The van der Waals surface area contributed by atoms with Gasteiger partial charge >= 0.3 is 0 Å². The Hall–Kier alpha value is -1.15. The normalized spacial score (nSPS) is 18.4. The first-order chi connectivity index (χ1) is 7.45. The summed E-state index contributed by atoms with van der Waals surface area (Å²) in [7, 11) is 0. The highest BCUT2D eigenvalue weighted by atomic mass is 14.9. The van der Waals surface area contributed by atoms with E-state index in [1.165, 1.54) is 18.4 Å². The van der Waals surface area contributed by atoms with Crippen LogP contribution in [0, 0.1) is 5.92 Å². The first kappa shape index (κ1) is 10.4. The van der Waals surface area contributed by atoms with Gasteiger partial charge in [-0.3, -0.25) is 4.99 Å². The highest BCUT2D eigenvalue weighted by Crippen LogP contribution is 2.09. The van der Waals surface area contributed by atoms with Crippen molar-refractivity contribution in [3.05, 3.63) is 35.9 Å². The summed E-state index contributed by atoms with van der Waals surface area (Å²) in [4.78, 5) is 4.51. The maximum atomic E-state index is 4.51. The summed E-state index contributed by atoms with van der Waals surface area (Å²) in [5.74, 6) is 0.690. The number of hydrogen-bond acceptors (Lipinski definition) is 2. The Bertz CT molecular complexity index is 300. The molecule has 2 rings (SSSR count). The summed E-state index contributed by atoms with van der Waals surface area (Å²) in [6, 6.07) is 10.4. The first-order valence-electron chi connectivity index (χ1n) is 5.70. The molecule has 2 nitrogen and oxygen atoms in total. The van der Waals surface area contributed by atoms with Gasteiger partial charge in [0.2, 0.25) is 0 Å². The zero-order valence-electron chi connectivity index (χ0n) is 9.02. The van der Waals surface area contributed by atoms with Gasteiger partial charge < -0.3 is 5.32 Å². The molecule has 0 amide bonds. The third kappa shape index (κ3) is 3.48. The van der Waals surface area contributed by atoms with E-state index in [0.717, 1.165) is 19.6 Å². The number of hydrogen-bond donors (Lipinski definition) is 1. The van der Waals surface area contributed by atoms with Crippen molar-refractivity contribution in [1.29, 1.82) is 0 Å². The highest BCUT2D eigenvalue weighted by Gasteiger charge is 2.09. The van der Waals surface area contributed by atoms with Gasteiger partial charge in [0.25, 0.3) is 0 Å². The Labute approximate surface area is 91.4 Å². The van der Waals surface area contributed by atoms with Crippen LogP contribution in [0.1, 0.15) is 18.4 Å². The lowest BCUT2D eigenvalue weighted by Crippen LogP contribution is -2.28. The van der Waals surface area contributed by atoms with E-state index in [1.54, 1.807) is 0 Å². The van der Waals surface area contributed by atoms with Crippen LogP contribution in [0.25, 0.3) is 0 Å². The van der Waals surface area contributed by atoms with Crippen molar-refractivity contribution in [1.82, 2.24) is 5.32 Å². The maximum Gasteiger partial charge on any atom is 0.0635 e. The van der Waals surface area contributed by atoms with Gasteiger partial charge in [-0.05, 0) is 37.4 Å². The second-order valence-corrected chi connectivity index (χ2v) is 4.06. The van der Waals surface area contributed by atoms with E-state index in [2.05, 4.69) is 40.8 Å². The molecule has 0 aliphatic carbocycles. The van der Waals surface area contributed by atoms with Gasteiger partial charge in [0.15, 0.2) is 0 Å². The van der Waals surface area contributed by atoms with E-state index in [1.807, 2.05) is 6.07 Å². The van der Waals surface area contributed by atoms with Crippen LogP contribution in [0.5, 0.6) is 0 Å². The third-order valence-electron chi connectivity index (χ3n) is 2.82. The summed E-state index contributed by atoms with van der Waals surface area (Å²) in [6.45, 7) is 3.11. The lowest BCUT2D eigenvalue weighted by Gasteiger charge is -2.18. The van der Waals surface area contributed by atoms with Crippen molar-refractivity contribution >= 4 is 6.21 Å². The van der Waals surface area contributed by atoms with Gasteiger partial charge in [0, 0.05) is 6.21 Å². The zero-order chi connectivity index (χ0) is 10.3. The molecule has 80 valence electrons. The predicted molar refractivity (Wildman–Crippen MR) is 64.2 cm³/mol. The number of piperidine rings is 1. The van der Waals surface area contributed by atoms with E-state index >= 15 is 0 Å². The molecule has 0 atom stereocenters. The number of aliphatic imine (C=N–C) groups is 1. The van der Waals surface area contributed by atoms with Crippen LogP contribution < -0.4 is 5.32 Å². The average molecular weight is 202 g/mol.